The van der Waals surface area contributed by atoms with Crippen molar-refractivity contribution in [1.29, 1.82) is 0 Å². The summed E-state index contributed by atoms with van der Waals surface area (Å²) in [6.45, 7) is 7.07. The molecule has 22 heavy (non-hydrogen) atoms. The molecule has 1 saturated heterocycles. The van der Waals surface area contributed by atoms with E-state index < -0.39 is 0 Å². The lowest BCUT2D eigenvalue weighted by Gasteiger charge is -2.38. The van der Waals surface area contributed by atoms with E-state index >= 15 is 0 Å². The first kappa shape index (κ1) is 17.0. The van der Waals surface area contributed by atoms with E-state index in [4.69, 9.17) is 5.73 Å². The average molecular weight is 303 g/mol. The van der Waals surface area contributed by atoms with Gasteiger partial charge in [-0.15, -0.1) is 0 Å². The van der Waals surface area contributed by atoms with E-state index in [-0.39, 0.29) is 17.9 Å². The second-order valence-corrected chi connectivity index (χ2v) is 6.71. The molecular formula is C18H29N3O. The molecule has 2 N–H and O–H groups in total. The van der Waals surface area contributed by atoms with Gasteiger partial charge in [-0.25, -0.2) is 0 Å². The van der Waals surface area contributed by atoms with E-state index in [0.717, 1.165) is 32.5 Å². The van der Waals surface area contributed by atoms with Crippen LogP contribution in [-0.2, 0) is 11.3 Å². The molecule has 0 saturated carbocycles. The topological polar surface area (TPSA) is 49.6 Å². The number of nitrogens with two attached hydrogens (primary N) is 1. The Morgan fingerprint density at radius 2 is 1.86 bits per heavy atom. The second kappa shape index (κ2) is 7.75. The molecule has 0 unspecified atom stereocenters. The van der Waals surface area contributed by atoms with E-state index in [0.29, 0.717) is 6.04 Å². The summed E-state index contributed by atoms with van der Waals surface area (Å²) in [5.41, 5.74) is 7.35. The van der Waals surface area contributed by atoms with Gasteiger partial charge >= 0.3 is 0 Å². The van der Waals surface area contributed by atoms with Crippen molar-refractivity contribution in [2.24, 2.45) is 11.7 Å². The molecule has 0 aliphatic carbocycles. The molecule has 122 valence electrons. The number of likely N-dealkylation sites (N-methyl/N-ethyl adjacent to an activating group) is 1. The number of carbonyl (C=O) groups excluding carboxylic acids is 1. The Bertz CT molecular complexity index is 466. The van der Waals surface area contributed by atoms with Crippen LogP contribution in [0, 0.1) is 5.92 Å². The molecule has 2 rings (SSSR count). The van der Waals surface area contributed by atoms with Crippen molar-refractivity contribution in [3.63, 3.8) is 0 Å². The highest BCUT2D eigenvalue weighted by Crippen LogP contribution is 2.18. The van der Waals surface area contributed by atoms with Gasteiger partial charge in [0.25, 0.3) is 0 Å². The Hall–Kier alpha value is -1.39. The van der Waals surface area contributed by atoms with Gasteiger partial charge in [-0.1, -0.05) is 44.2 Å². The lowest BCUT2D eigenvalue weighted by molar-refractivity contribution is -0.135. The summed E-state index contributed by atoms with van der Waals surface area (Å²) in [5, 5.41) is 0. The standard InChI is InChI=1S/C18H29N3O/c1-14(2)17(19)18(22)20(3)16-9-11-21(12-10-16)13-15-7-5-4-6-8-15/h4-8,14,16-17H,9-13,19H2,1-3H3/t17-/m1/s1. The molecule has 1 aromatic rings. The predicted octanol–water partition coefficient (Wildman–Crippen LogP) is 2.09. The summed E-state index contributed by atoms with van der Waals surface area (Å²) >= 11 is 0. The third-order valence-corrected chi connectivity index (χ3v) is 4.70. The number of hydrogen-bond acceptors (Lipinski definition) is 3. The van der Waals surface area contributed by atoms with Crippen molar-refractivity contribution in [2.45, 2.75) is 45.3 Å². The van der Waals surface area contributed by atoms with Gasteiger partial charge in [0.1, 0.15) is 0 Å². The fourth-order valence-electron chi connectivity index (χ4n) is 3.01. The van der Waals surface area contributed by atoms with E-state index in [9.17, 15) is 4.79 Å². The molecule has 1 atom stereocenters. The summed E-state index contributed by atoms with van der Waals surface area (Å²) in [5.74, 6) is 0.268. The van der Waals surface area contributed by atoms with Crippen LogP contribution < -0.4 is 5.73 Å². The van der Waals surface area contributed by atoms with Gasteiger partial charge < -0.3 is 10.6 Å². The maximum absolute atomic E-state index is 12.3. The zero-order valence-electron chi connectivity index (χ0n) is 14.0. The molecule has 0 radical (unpaired) electrons. The summed E-state index contributed by atoms with van der Waals surface area (Å²) in [6, 6.07) is 10.5. The molecule has 4 heteroatoms. The minimum atomic E-state index is -0.382. The molecule has 0 bridgehead atoms. The molecule has 1 aromatic carbocycles. The van der Waals surface area contributed by atoms with Crippen molar-refractivity contribution in [2.75, 3.05) is 20.1 Å². The Kier molecular flexibility index (Phi) is 5.98. The third kappa shape index (κ3) is 4.31. The Morgan fingerprint density at radius 3 is 2.41 bits per heavy atom. The van der Waals surface area contributed by atoms with Gasteiger partial charge in [-0.2, -0.15) is 0 Å². The lowest BCUT2D eigenvalue weighted by atomic mass is 9.99. The summed E-state index contributed by atoms with van der Waals surface area (Å²) in [4.78, 5) is 16.7. The summed E-state index contributed by atoms with van der Waals surface area (Å²) in [7, 11) is 1.90. The van der Waals surface area contributed by atoms with Crippen LogP contribution in [0.15, 0.2) is 30.3 Å². The van der Waals surface area contributed by atoms with Gasteiger partial charge in [0.15, 0.2) is 0 Å². The number of amides is 1. The molecule has 0 aromatic heterocycles. The van der Waals surface area contributed by atoms with Crippen LogP contribution in [0.3, 0.4) is 0 Å². The molecular weight excluding hydrogens is 274 g/mol. The SMILES string of the molecule is CC(C)[C@@H](N)C(=O)N(C)C1CCN(Cc2ccccc2)CC1. The number of nitrogens with zero attached hydrogens (tertiary/aromatic N) is 2. The zero-order chi connectivity index (χ0) is 16.1. The monoisotopic (exact) mass is 303 g/mol. The molecule has 4 nitrogen and oxygen atoms in total. The molecule has 0 spiro atoms. The highest BCUT2D eigenvalue weighted by atomic mass is 16.2. The van der Waals surface area contributed by atoms with E-state index in [2.05, 4.69) is 29.2 Å². The maximum Gasteiger partial charge on any atom is 0.239 e. The van der Waals surface area contributed by atoms with E-state index in [1.807, 2.05) is 31.9 Å². The first-order valence-electron chi connectivity index (χ1n) is 8.27. The minimum Gasteiger partial charge on any atom is -0.341 e. The third-order valence-electron chi connectivity index (χ3n) is 4.70. The highest BCUT2D eigenvalue weighted by Gasteiger charge is 2.29. The van der Waals surface area contributed by atoms with E-state index in [1.165, 1.54) is 5.56 Å². The van der Waals surface area contributed by atoms with Crippen molar-refractivity contribution in [3.05, 3.63) is 35.9 Å². The number of hydrogen-bond donors (Lipinski definition) is 1. The van der Waals surface area contributed by atoms with Crippen molar-refractivity contribution in [3.8, 4) is 0 Å². The van der Waals surface area contributed by atoms with Gasteiger partial charge in [0.2, 0.25) is 5.91 Å². The predicted molar refractivity (Wildman–Crippen MR) is 90.3 cm³/mol. The van der Waals surface area contributed by atoms with Crippen molar-refractivity contribution in [1.82, 2.24) is 9.80 Å². The van der Waals surface area contributed by atoms with Gasteiger partial charge in [-0.05, 0) is 24.3 Å². The van der Waals surface area contributed by atoms with Crippen LogP contribution in [0.1, 0.15) is 32.3 Å². The molecule has 1 fully saturated rings. The van der Waals surface area contributed by atoms with E-state index in [1.54, 1.807) is 0 Å². The molecule has 1 amide bonds. The summed E-state index contributed by atoms with van der Waals surface area (Å²) in [6.07, 6.45) is 2.06. The van der Waals surface area contributed by atoms with Gasteiger partial charge in [0, 0.05) is 32.7 Å². The lowest BCUT2D eigenvalue weighted by Crippen LogP contribution is -2.51. The Balaban J connectivity index is 1.83. The smallest absolute Gasteiger partial charge is 0.239 e. The Labute approximate surface area is 134 Å². The quantitative estimate of drug-likeness (QED) is 0.906. The number of rotatable bonds is 5. The average Bonchev–Trinajstić information content (AvgIpc) is 2.54. The van der Waals surface area contributed by atoms with Crippen LogP contribution in [0.4, 0.5) is 0 Å². The number of likely N-dealkylation sites (tertiary alicyclic amines) is 1. The van der Waals surface area contributed by atoms with Crippen LogP contribution in [-0.4, -0.2) is 47.9 Å². The number of benzene rings is 1. The van der Waals surface area contributed by atoms with Crippen LogP contribution in [0.5, 0.6) is 0 Å². The number of piperidine rings is 1. The number of carbonyl (C=O) groups is 1. The molecule has 1 heterocycles. The first-order valence-corrected chi connectivity index (χ1v) is 8.27. The van der Waals surface area contributed by atoms with Crippen LogP contribution in [0.25, 0.3) is 0 Å². The Morgan fingerprint density at radius 1 is 1.27 bits per heavy atom. The van der Waals surface area contributed by atoms with Crippen LogP contribution >= 0.6 is 0 Å². The first-order chi connectivity index (χ1) is 10.5. The summed E-state index contributed by atoms with van der Waals surface area (Å²) < 4.78 is 0. The maximum atomic E-state index is 12.3. The normalized spacial score (nSPS) is 18.4. The molecule has 1 aliphatic heterocycles. The largest absolute Gasteiger partial charge is 0.341 e. The fraction of sp³-hybridized carbons (Fsp3) is 0.611. The fourth-order valence-corrected chi connectivity index (χ4v) is 3.01. The minimum absolute atomic E-state index is 0.0801. The highest BCUT2D eigenvalue weighted by molar-refractivity contribution is 5.82. The van der Waals surface area contributed by atoms with Gasteiger partial charge in [0.05, 0.1) is 6.04 Å². The van der Waals surface area contributed by atoms with Gasteiger partial charge in [-0.3, -0.25) is 9.69 Å². The zero-order valence-corrected chi connectivity index (χ0v) is 14.0. The van der Waals surface area contributed by atoms with Crippen molar-refractivity contribution < 1.29 is 4.79 Å². The molecule has 1 aliphatic rings. The van der Waals surface area contributed by atoms with Crippen LogP contribution in [0.2, 0.25) is 0 Å². The second-order valence-electron chi connectivity index (χ2n) is 6.71. The van der Waals surface area contributed by atoms with Crippen molar-refractivity contribution >= 4 is 5.91 Å².